The Hall–Kier alpha value is -1.83. The van der Waals surface area contributed by atoms with Gasteiger partial charge in [-0.3, -0.25) is 4.98 Å². The summed E-state index contributed by atoms with van der Waals surface area (Å²) in [6, 6.07) is 11.7. The standard InChI is InChI=1S/C15H15NO/c17-13-8-6-11(7-9-13)14-5-1-3-12-4-2-10-16-15(12)14/h2,4,6-10,14,17H,1,3,5H2. The molecule has 2 nitrogen and oxygen atoms in total. The highest BCUT2D eigenvalue weighted by Crippen LogP contribution is 2.35. The summed E-state index contributed by atoms with van der Waals surface area (Å²) >= 11 is 0. The lowest BCUT2D eigenvalue weighted by Gasteiger charge is -2.24. The molecule has 1 aliphatic rings. The van der Waals surface area contributed by atoms with Gasteiger partial charge in [0.2, 0.25) is 0 Å². The SMILES string of the molecule is Oc1ccc(C2CCCc3cccnc32)cc1. The number of fused-ring (bicyclic) bond motifs is 1. The van der Waals surface area contributed by atoms with Gasteiger partial charge < -0.3 is 5.11 Å². The molecule has 1 heterocycles. The number of benzene rings is 1. The molecule has 0 spiro atoms. The number of hydrogen-bond donors (Lipinski definition) is 1. The van der Waals surface area contributed by atoms with Gasteiger partial charge in [-0.25, -0.2) is 0 Å². The van der Waals surface area contributed by atoms with Crippen LogP contribution in [-0.2, 0) is 6.42 Å². The van der Waals surface area contributed by atoms with Gasteiger partial charge in [0.1, 0.15) is 5.75 Å². The normalized spacial score (nSPS) is 18.7. The highest BCUT2D eigenvalue weighted by Gasteiger charge is 2.22. The molecule has 1 aromatic carbocycles. The Morgan fingerprint density at radius 3 is 2.76 bits per heavy atom. The number of aryl methyl sites for hydroxylation is 1. The van der Waals surface area contributed by atoms with E-state index in [-0.39, 0.29) is 0 Å². The van der Waals surface area contributed by atoms with Crippen molar-refractivity contribution < 1.29 is 5.11 Å². The van der Waals surface area contributed by atoms with Crippen molar-refractivity contribution >= 4 is 0 Å². The highest BCUT2D eigenvalue weighted by atomic mass is 16.3. The van der Waals surface area contributed by atoms with E-state index in [9.17, 15) is 5.11 Å². The van der Waals surface area contributed by atoms with Crippen LogP contribution in [0, 0.1) is 0 Å². The molecule has 0 saturated heterocycles. The maximum atomic E-state index is 9.33. The van der Waals surface area contributed by atoms with Crippen LogP contribution in [-0.4, -0.2) is 10.1 Å². The van der Waals surface area contributed by atoms with Crippen LogP contribution in [0.4, 0.5) is 0 Å². The third-order valence-corrected chi connectivity index (χ3v) is 3.49. The number of aromatic hydroxyl groups is 1. The number of phenols is 1. The first kappa shape index (κ1) is 10.3. The second-order valence-electron chi connectivity index (χ2n) is 4.58. The molecule has 0 bridgehead atoms. The fourth-order valence-electron chi connectivity index (χ4n) is 2.64. The Morgan fingerprint density at radius 1 is 1.12 bits per heavy atom. The van der Waals surface area contributed by atoms with E-state index in [1.54, 1.807) is 12.1 Å². The quantitative estimate of drug-likeness (QED) is 0.808. The summed E-state index contributed by atoms with van der Waals surface area (Å²) in [5, 5.41) is 9.33. The number of rotatable bonds is 1. The summed E-state index contributed by atoms with van der Waals surface area (Å²) in [5.41, 5.74) is 3.84. The molecule has 86 valence electrons. The minimum Gasteiger partial charge on any atom is -0.508 e. The molecule has 0 amide bonds. The van der Waals surface area contributed by atoms with Crippen LogP contribution in [0.1, 0.15) is 35.6 Å². The van der Waals surface area contributed by atoms with Gasteiger partial charge in [0.15, 0.2) is 0 Å². The van der Waals surface area contributed by atoms with Gasteiger partial charge in [-0.15, -0.1) is 0 Å². The molecule has 17 heavy (non-hydrogen) atoms. The maximum absolute atomic E-state index is 9.33. The van der Waals surface area contributed by atoms with Crippen molar-refractivity contribution in [2.24, 2.45) is 0 Å². The first-order valence-electron chi connectivity index (χ1n) is 6.07. The van der Waals surface area contributed by atoms with Crippen LogP contribution >= 0.6 is 0 Å². The molecule has 0 fully saturated rings. The Bertz CT molecular complexity index is 519. The molecule has 0 saturated carbocycles. The lowest BCUT2D eigenvalue weighted by Crippen LogP contribution is -2.12. The number of nitrogens with zero attached hydrogens (tertiary/aromatic N) is 1. The summed E-state index contributed by atoms with van der Waals surface area (Å²) in [6.07, 6.45) is 5.37. The van der Waals surface area contributed by atoms with Crippen molar-refractivity contribution in [1.82, 2.24) is 4.98 Å². The second kappa shape index (κ2) is 4.21. The maximum Gasteiger partial charge on any atom is 0.115 e. The first-order valence-corrected chi connectivity index (χ1v) is 6.07. The van der Waals surface area contributed by atoms with E-state index in [4.69, 9.17) is 0 Å². The minimum atomic E-state index is 0.325. The van der Waals surface area contributed by atoms with Crippen molar-refractivity contribution in [3.05, 3.63) is 59.4 Å². The van der Waals surface area contributed by atoms with Crippen molar-refractivity contribution in [2.75, 3.05) is 0 Å². The first-order chi connectivity index (χ1) is 8.34. The van der Waals surface area contributed by atoms with Crippen LogP contribution < -0.4 is 0 Å². The molecular weight excluding hydrogens is 210 g/mol. The number of hydrogen-bond acceptors (Lipinski definition) is 2. The topological polar surface area (TPSA) is 33.1 Å². The van der Waals surface area contributed by atoms with Gasteiger partial charge in [-0.1, -0.05) is 18.2 Å². The second-order valence-corrected chi connectivity index (χ2v) is 4.58. The van der Waals surface area contributed by atoms with Gasteiger partial charge in [-0.2, -0.15) is 0 Å². The molecule has 1 aromatic heterocycles. The fourth-order valence-corrected chi connectivity index (χ4v) is 2.64. The van der Waals surface area contributed by atoms with E-state index in [0.717, 1.165) is 12.8 Å². The van der Waals surface area contributed by atoms with Crippen molar-refractivity contribution in [3.63, 3.8) is 0 Å². The molecule has 3 rings (SSSR count). The zero-order chi connectivity index (χ0) is 11.7. The molecule has 1 atom stereocenters. The molecule has 1 unspecified atom stereocenters. The van der Waals surface area contributed by atoms with E-state index in [1.807, 2.05) is 24.4 Å². The smallest absolute Gasteiger partial charge is 0.115 e. The van der Waals surface area contributed by atoms with Gasteiger partial charge in [0.25, 0.3) is 0 Å². The zero-order valence-electron chi connectivity index (χ0n) is 9.63. The van der Waals surface area contributed by atoms with Crippen LogP contribution in [0.5, 0.6) is 5.75 Å². The van der Waals surface area contributed by atoms with Crippen LogP contribution in [0.15, 0.2) is 42.6 Å². The van der Waals surface area contributed by atoms with Gasteiger partial charge >= 0.3 is 0 Å². The van der Waals surface area contributed by atoms with Crippen molar-refractivity contribution in [3.8, 4) is 5.75 Å². The van der Waals surface area contributed by atoms with E-state index in [1.165, 1.54) is 23.2 Å². The summed E-state index contributed by atoms with van der Waals surface area (Å²) in [6.45, 7) is 0. The summed E-state index contributed by atoms with van der Waals surface area (Å²) in [7, 11) is 0. The number of pyridine rings is 1. The summed E-state index contributed by atoms with van der Waals surface area (Å²) in [5.74, 6) is 0.714. The van der Waals surface area contributed by atoms with Gasteiger partial charge in [-0.05, 0) is 48.6 Å². The van der Waals surface area contributed by atoms with Crippen LogP contribution in [0.3, 0.4) is 0 Å². The van der Waals surface area contributed by atoms with E-state index in [0.29, 0.717) is 11.7 Å². The molecule has 2 aromatic rings. The third-order valence-electron chi connectivity index (χ3n) is 3.49. The predicted octanol–water partition coefficient (Wildman–Crippen LogP) is 3.26. The average Bonchev–Trinajstić information content (AvgIpc) is 2.39. The Morgan fingerprint density at radius 2 is 1.94 bits per heavy atom. The highest BCUT2D eigenvalue weighted by molar-refractivity contribution is 5.37. The molecule has 2 heteroatoms. The molecule has 1 N–H and O–H groups in total. The third kappa shape index (κ3) is 1.91. The number of phenolic OH excluding ortho intramolecular Hbond substituents is 1. The van der Waals surface area contributed by atoms with E-state index < -0.39 is 0 Å². The number of aromatic nitrogens is 1. The molecular formula is C15H15NO. The van der Waals surface area contributed by atoms with Crippen molar-refractivity contribution in [2.45, 2.75) is 25.2 Å². The molecule has 0 radical (unpaired) electrons. The summed E-state index contributed by atoms with van der Waals surface area (Å²) in [4.78, 5) is 4.54. The van der Waals surface area contributed by atoms with E-state index in [2.05, 4.69) is 11.1 Å². The van der Waals surface area contributed by atoms with Gasteiger partial charge in [0.05, 0.1) is 5.69 Å². The Kier molecular flexibility index (Phi) is 2.56. The lowest BCUT2D eigenvalue weighted by molar-refractivity contribution is 0.474. The predicted molar refractivity (Wildman–Crippen MR) is 67.1 cm³/mol. The fraction of sp³-hybridized carbons (Fsp3) is 0.267. The van der Waals surface area contributed by atoms with Gasteiger partial charge in [0, 0.05) is 12.1 Å². The van der Waals surface area contributed by atoms with Crippen LogP contribution in [0.25, 0.3) is 0 Å². The monoisotopic (exact) mass is 225 g/mol. The van der Waals surface area contributed by atoms with E-state index >= 15 is 0 Å². The molecule has 0 aliphatic heterocycles. The Balaban J connectivity index is 2.03. The Labute approximate surface area is 101 Å². The summed E-state index contributed by atoms with van der Waals surface area (Å²) < 4.78 is 0. The largest absolute Gasteiger partial charge is 0.508 e. The minimum absolute atomic E-state index is 0.325. The zero-order valence-corrected chi connectivity index (χ0v) is 9.63. The van der Waals surface area contributed by atoms with Crippen molar-refractivity contribution in [1.29, 1.82) is 0 Å². The van der Waals surface area contributed by atoms with Crippen LogP contribution in [0.2, 0.25) is 0 Å². The molecule has 1 aliphatic carbocycles. The lowest BCUT2D eigenvalue weighted by atomic mass is 9.82. The average molecular weight is 225 g/mol.